The summed E-state index contributed by atoms with van der Waals surface area (Å²) in [6.07, 6.45) is -5.62. The number of amides is 2. The van der Waals surface area contributed by atoms with Crippen LogP contribution in [0.4, 0.5) is 4.79 Å². The molecule has 0 bridgehead atoms. The first-order valence-electron chi connectivity index (χ1n) is 12.2. The van der Waals surface area contributed by atoms with Crippen LogP contribution in [0.1, 0.15) is 10.4 Å². The summed E-state index contributed by atoms with van der Waals surface area (Å²) in [5, 5.41) is 19.8. The molecule has 7 N–H and O–H groups in total. The number of carbonyl (C=O) groups is 3. The number of aliphatic hydroxyl groups excluding tert-OH is 1. The van der Waals surface area contributed by atoms with Crippen molar-refractivity contribution in [2.45, 2.75) is 43.8 Å². The van der Waals surface area contributed by atoms with Crippen molar-refractivity contribution in [3.63, 3.8) is 0 Å². The number of esters is 1. The van der Waals surface area contributed by atoms with E-state index in [1.807, 2.05) is 0 Å². The molecule has 0 saturated carbocycles. The number of alkyl halides is 6. The van der Waals surface area contributed by atoms with Crippen molar-refractivity contribution in [1.82, 2.24) is 25.6 Å². The van der Waals surface area contributed by atoms with Crippen LogP contribution in [0.5, 0.6) is 0 Å². The van der Waals surface area contributed by atoms with Crippen LogP contribution in [-0.4, -0.2) is 106 Å². The van der Waals surface area contributed by atoms with Gasteiger partial charge in [0.1, 0.15) is 43.4 Å². The Labute approximate surface area is 279 Å². The van der Waals surface area contributed by atoms with Gasteiger partial charge in [0.05, 0.1) is 18.2 Å². The summed E-state index contributed by atoms with van der Waals surface area (Å²) in [4.78, 5) is 42.7. The lowest BCUT2D eigenvalue weighted by Gasteiger charge is -2.47. The van der Waals surface area contributed by atoms with E-state index in [9.17, 15) is 27.9 Å². The van der Waals surface area contributed by atoms with Gasteiger partial charge in [-0.15, -0.1) is 0 Å². The van der Waals surface area contributed by atoms with E-state index in [4.69, 9.17) is 89.0 Å². The smallest absolute Gasteiger partial charge is 0.404 e. The zero-order chi connectivity index (χ0) is 32.7. The number of ether oxygens (including phenoxy) is 2. The first-order valence-corrected chi connectivity index (χ1v) is 15.9. The van der Waals surface area contributed by atoms with Crippen LogP contribution in [0.15, 0.2) is 35.3 Å². The number of rotatable bonds is 8. The van der Waals surface area contributed by atoms with Gasteiger partial charge in [-0.2, -0.15) is 13.1 Å². The molecule has 23 heteroatoms. The van der Waals surface area contributed by atoms with Gasteiger partial charge in [-0.05, 0) is 12.1 Å². The van der Waals surface area contributed by atoms with Crippen molar-refractivity contribution >= 4 is 104 Å². The molecule has 2 fully saturated rings. The molecule has 6 atom stereocenters. The van der Waals surface area contributed by atoms with E-state index in [0.717, 1.165) is 0 Å². The standard InChI is InChI=1S/C21H23Cl6N7O9S/c22-19(23,24)8-42-44(39,40)33-17-30-12-10(7-41-16(28)38)29-18(31-15(37)21(25,26)27)34-6-11(13(35)20(12,34)32-17)43-14(36)9-4-2-1-3-5-9/h1-5,10-13,17,30,32-33,35H,6-8H2,(H2,28,38)(H,29,31,37)/t10-,11-,12-,13-,17?,20-/m0/s1. The molecular weight excluding hydrogens is 739 g/mol. The molecule has 3 aliphatic heterocycles. The van der Waals surface area contributed by atoms with Crippen LogP contribution < -0.4 is 26.4 Å². The Morgan fingerprint density at radius 2 is 1.82 bits per heavy atom. The van der Waals surface area contributed by atoms with Crippen molar-refractivity contribution in [3.05, 3.63) is 35.9 Å². The number of aliphatic imine (C=N–C) groups is 1. The number of nitrogens with zero attached hydrogens (tertiary/aromatic N) is 2. The highest BCUT2D eigenvalue weighted by Crippen LogP contribution is 2.41. The maximum absolute atomic E-state index is 12.9. The number of guanidine groups is 1. The lowest BCUT2D eigenvalue weighted by atomic mass is 9.88. The van der Waals surface area contributed by atoms with Crippen molar-refractivity contribution in [1.29, 1.82) is 0 Å². The van der Waals surface area contributed by atoms with Crippen molar-refractivity contribution in [2.75, 3.05) is 19.8 Å². The normalized spacial score (nSPS) is 28.5. The molecule has 2 amide bonds. The third-order valence-electron chi connectivity index (χ3n) is 6.52. The molecule has 4 rings (SSSR count). The van der Waals surface area contributed by atoms with E-state index >= 15 is 0 Å². The van der Waals surface area contributed by atoms with Crippen LogP contribution in [0.3, 0.4) is 0 Å². The van der Waals surface area contributed by atoms with Gasteiger partial charge in [-0.1, -0.05) is 87.8 Å². The SMILES string of the molecule is NC(=O)OC[C@@H]1N=C(NC(=O)C(Cl)(Cl)Cl)N2C[C@H](OC(=O)c3ccccc3)[C@H](O)[C@@]23NC(NS(=O)(=O)OCC(Cl)(Cl)Cl)N[C@@H]13. The fourth-order valence-electron chi connectivity index (χ4n) is 4.87. The Morgan fingerprint density at radius 1 is 1.16 bits per heavy atom. The largest absolute Gasteiger partial charge is 0.454 e. The molecule has 1 aromatic carbocycles. The van der Waals surface area contributed by atoms with Crippen LogP contribution in [-0.2, 0) is 28.8 Å². The Morgan fingerprint density at radius 3 is 2.41 bits per heavy atom. The first-order chi connectivity index (χ1) is 20.3. The molecule has 1 unspecified atom stereocenters. The van der Waals surface area contributed by atoms with Crippen molar-refractivity contribution in [2.24, 2.45) is 10.7 Å². The van der Waals surface area contributed by atoms with E-state index in [-0.39, 0.29) is 18.1 Å². The average Bonchev–Trinajstić information content (AvgIpc) is 3.42. The van der Waals surface area contributed by atoms with Gasteiger partial charge >= 0.3 is 22.4 Å². The Hall–Kier alpha value is -1.61. The Balaban J connectivity index is 1.71. The van der Waals surface area contributed by atoms with Gasteiger partial charge in [-0.3, -0.25) is 24.9 Å². The lowest BCUT2D eigenvalue weighted by molar-refractivity contribution is -0.119. The summed E-state index contributed by atoms with van der Waals surface area (Å²) < 4.78 is 38.1. The average molecular weight is 762 g/mol. The van der Waals surface area contributed by atoms with E-state index in [1.54, 1.807) is 18.2 Å². The topological polar surface area (TPSA) is 223 Å². The zero-order valence-corrected chi connectivity index (χ0v) is 27.1. The number of halogens is 6. The van der Waals surface area contributed by atoms with Gasteiger partial charge < -0.3 is 25.2 Å². The fourth-order valence-corrected chi connectivity index (χ4v) is 6.18. The summed E-state index contributed by atoms with van der Waals surface area (Å²) in [7, 11) is -4.63. The predicted molar refractivity (Wildman–Crippen MR) is 158 cm³/mol. The highest BCUT2D eigenvalue weighted by molar-refractivity contribution is 7.84. The third kappa shape index (κ3) is 8.02. The molecule has 244 valence electrons. The second-order valence-corrected chi connectivity index (χ2v) is 15.6. The third-order valence-corrected chi connectivity index (χ3v) is 8.32. The van der Waals surface area contributed by atoms with E-state index in [0.29, 0.717) is 0 Å². The number of nitrogens with two attached hydrogens (primary N) is 1. The summed E-state index contributed by atoms with van der Waals surface area (Å²) >= 11 is 34.0. The first kappa shape index (κ1) is 35.2. The highest BCUT2D eigenvalue weighted by atomic mass is 35.6. The molecule has 1 aromatic rings. The number of hydrogen-bond donors (Lipinski definition) is 6. The second-order valence-electron chi connectivity index (χ2n) is 9.46. The van der Waals surface area contributed by atoms with E-state index in [1.165, 1.54) is 17.0 Å². The predicted octanol–water partition coefficient (Wildman–Crippen LogP) is -0.0291. The van der Waals surface area contributed by atoms with Gasteiger partial charge in [-0.25, -0.2) is 14.6 Å². The Kier molecular flexibility index (Phi) is 10.6. The zero-order valence-electron chi connectivity index (χ0n) is 21.8. The van der Waals surface area contributed by atoms with Gasteiger partial charge in [0.25, 0.3) is 9.70 Å². The fraction of sp³-hybridized carbons (Fsp3) is 0.524. The van der Waals surface area contributed by atoms with Gasteiger partial charge in [0, 0.05) is 0 Å². The lowest BCUT2D eigenvalue weighted by Crippen LogP contribution is -2.74. The second kappa shape index (κ2) is 13.2. The quantitative estimate of drug-likeness (QED) is 0.152. The molecule has 3 heterocycles. The number of benzene rings is 1. The van der Waals surface area contributed by atoms with E-state index < -0.39 is 85.3 Å². The molecule has 44 heavy (non-hydrogen) atoms. The van der Waals surface area contributed by atoms with Crippen LogP contribution in [0.25, 0.3) is 0 Å². The van der Waals surface area contributed by atoms with Crippen LogP contribution >= 0.6 is 69.6 Å². The minimum absolute atomic E-state index is 0.166. The molecule has 0 aliphatic carbocycles. The summed E-state index contributed by atoms with van der Waals surface area (Å²) in [6.45, 7) is -1.72. The maximum atomic E-state index is 12.9. The van der Waals surface area contributed by atoms with Gasteiger partial charge in [0.2, 0.25) is 9.75 Å². The number of primary amides is 1. The Bertz CT molecular complexity index is 1410. The number of hydrogen-bond acceptors (Lipinski definition) is 13. The molecule has 2 saturated heterocycles. The molecule has 3 aliphatic rings. The molecule has 0 radical (unpaired) electrons. The molecule has 0 aromatic heterocycles. The summed E-state index contributed by atoms with van der Waals surface area (Å²) in [5.41, 5.74) is 3.46. The minimum Gasteiger partial charge on any atom is -0.454 e. The summed E-state index contributed by atoms with van der Waals surface area (Å²) in [5.74, 6) is -2.28. The molecule has 1 spiro atoms. The van der Waals surface area contributed by atoms with E-state index in [2.05, 4.69) is 25.7 Å². The summed E-state index contributed by atoms with van der Waals surface area (Å²) in [6, 6.07) is 5.52. The van der Waals surface area contributed by atoms with Crippen molar-refractivity contribution in [3.8, 4) is 0 Å². The number of carbonyl (C=O) groups excluding carboxylic acids is 3. The van der Waals surface area contributed by atoms with Gasteiger partial charge in [0.15, 0.2) is 0 Å². The maximum Gasteiger partial charge on any atom is 0.404 e. The number of nitrogens with one attached hydrogen (secondary N) is 4. The minimum atomic E-state index is -4.63. The highest BCUT2D eigenvalue weighted by Gasteiger charge is 2.68. The number of aliphatic hydroxyl groups is 1. The monoisotopic (exact) mass is 759 g/mol. The van der Waals surface area contributed by atoms with Crippen LogP contribution in [0, 0.1) is 0 Å². The molecular formula is C21H23Cl6N7O9S. The molecule has 16 nitrogen and oxygen atoms in total. The van der Waals surface area contributed by atoms with Crippen molar-refractivity contribution < 1.29 is 41.6 Å². The van der Waals surface area contributed by atoms with Crippen LogP contribution in [0.2, 0.25) is 0 Å².